The van der Waals surface area contributed by atoms with Crippen molar-refractivity contribution < 1.29 is 8.42 Å². The average molecular weight is 422 g/mol. The summed E-state index contributed by atoms with van der Waals surface area (Å²) in [4.78, 5) is 4.35. The summed E-state index contributed by atoms with van der Waals surface area (Å²) >= 11 is 0. The van der Waals surface area contributed by atoms with Crippen LogP contribution < -0.4 is 21.3 Å². The summed E-state index contributed by atoms with van der Waals surface area (Å²) in [5.41, 5.74) is 13.1. The van der Waals surface area contributed by atoms with Gasteiger partial charge in [-0.05, 0) is 41.5 Å². The maximum absolute atomic E-state index is 12.8. The van der Waals surface area contributed by atoms with Crippen LogP contribution in [-0.2, 0) is 22.0 Å². The predicted molar refractivity (Wildman–Crippen MR) is 106 cm³/mol. The highest BCUT2D eigenvalue weighted by molar-refractivity contribution is 7.86. The third-order valence-electron chi connectivity index (χ3n) is 3.72. The molecule has 0 bridgehead atoms. The van der Waals surface area contributed by atoms with Gasteiger partial charge in [-0.15, -0.1) is 10.2 Å². The number of hydrogen-bond donors (Lipinski definition) is 5. The lowest BCUT2D eigenvalue weighted by Crippen LogP contribution is -2.32. The second-order valence-corrected chi connectivity index (χ2v) is 8.18. The van der Waals surface area contributed by atoms with E-state index in [-0.39, 0.29) is 21.7 Å². The lowest BCUT2D eigenvalue weighted by molar-refractivity contribution is 0.653. The Labute approximate surface area is 165 Å². The molecule has 0 saturated heterocycles. The van der Waals surface area contributed by atoms with Crippen molar-refractivity contribution >= 4 is 27.8 Å². The maximum atomic E-state index is 12.8. The second-order valence-electron chi connectivity index (χ2n) is 5.91. The number of benzene rings is 1. The summed E-state index contributed by atoms with van der Waals surface area (Å²) in [6.45, 7) is 2.07. The van der Waals surface area contributed by atoms with E-state index in [1.165, 1.54) is 0 Å². The number of aromatic nitrogens is 5. The van der Waals surface area contributed by atoms with Crippen molar-refractivity contribution in [2.45, 2.75) is 22.8 Å². The largest absolute Gasteiger partial charge is 0.384 e. The van der Waals surface area contributed by atoms with Crippen LogP contribution in [0, 0.1) is 0 Å². The van der Waals surface area contributed by atoms with Gasteiger partial charge in [-0.25, -0.2) is 23.3 Å². The quantitative estimate of drug-likeness (QED) is 0.335. The molecule has 3 atom stereocenters. The molecule has 8 N–H and O–H groups in total. The van der Waals surface area contributed by atoms with Crippen LogP contribution in [0.2, 0.25) is 0 Å². The van der Waals surface area contributed by atoms with Gasteiger partial charge in [-0.2, -0.15) is 5.21 Å². The van der Waals surface area contributed by atoms with Gasteiger partial charge in [-0.1, -0.05) is 6.07 Å². The van der Waals surface area contributed by atoms with Crippen LogP contribution in [0.1, 0.15) is 6.92 Å². The molecule has 0 aliphatic heterocycles. The molecule has 0 fully saturated rings. The van der Waals surface area contributed by atoms with Crippen LogP contribution in [0.5, 0.6) is 0 Å². The average Bonchev–Trinajstić information content (AvgIpc) is 3.19. The fourth-order valence-corrected chi connectivity index (χ4v) is 4.71. The molecule has 0 aliphatic rings. The number of tetrazole rings is 1. The zero-order valence-electron chi connectivity index (χ0n) is 14.8. The molecule has 0 aliphatic carbocycles. The standard InChI is InChI=1S/C15H19N9O2S2/c1-8(16)7-20-28(26)11-3-2-10(9-4-5-19-12(17)6-9)13(14(11)27(18)25)15-21-23-24-22-15/h2-6,8,20H,7,16,18H2,1H3,(H2,17,19)(H,21,22,23,24). The number of nitrogens with zero attached hydrogens (tertiary/aromatic N) is 4. The molecule has 3 aromatic rings. The molecule has 28 heavy (non-hydrogen) atoms. The summed E-state index contributed by atoms with van der Waals surface area (Å²) in [6, 6.07) is 6.44. The van der Waals surface area contributed by atoms with E-state index in [1.807, 2.05) is 0 Å². The Bertz CT molecular complexity index is 1020. The molecule has 1 aromatic carbocycles. The van der Waals surface area contributed by atoms with Crippen molar-refractivity contribution in [2.75, 3.05) is 12.3 Å². The Morgan fingerprint density at radius 3 is 2.68 bits per heavy atom. The summed E-state index contributed by atoms with van der Waals surface area (Å²) in [5, 5.41) is 19.7. The SMILES string of the molecule is CC(N)CNS(=O)c1ccc(-c2ccnc(N)c2)c(-c2nn[nH]n2)c1S(N)=O. The molecular weight excluding hydrogens is 402 g/mol. The van der Waals surface area contributed by atoms with E-state index in [4.69, 9.17) is 16.6 Å². The van der Waals surface area contributed by atoms with Gasteiger partial charge in [0.15, 0.2) is 0 Å². The van der Waals surface area contributed by atoms with Crippen LogP contribution in [0.3, 0.4) is 0 Å². The Morgan fingerprint density at radius 1 is 1.29 bits per heavy atom. The molecule has 3 rings (SSSR count). The molecule has 11 nitrogen and oxygen atoms in total. The number of anilines is 1. The van der Waals surface area contributed by atoms with Crippen molar-refractivity contribution in [1.29, 1.82) is 0 Å². The van der Waals surface area contributed by atoms with Gasteiger partial charge in [-0.3, -0.25) is 0 Å². The van der Waals surface area contributed by atoms with Crippen LogP contribution in [0.25, 0.3) is 22.5 Å². The number of rotatable bonds is 7. The molecule has 3 unspecified atom stereocenters. The van der Waals surface area contributed by atoms with Crippen LogP contribution >= 0.6 is 0 Å². The summed E-state index contributed by atoms with van der Waals surface area (Å²) in [6.07, 6.45) is 1.54. The van der Waals surface area contributed by atoms with E-state index in [9.17, 15) is 8.42 Å². The number of nitrogens with two attached hydrogens (primary N) is 3. The molecule has 2 aromatic heterocycles. The fraction of sp³-hybridized carbons (Fsp3) is 0.200. The first-order valence-electron chi connectivity index (χ1n) is 8.08. The zero-order chi connectivity index (χ0) is 20.3. The number of nitrogens with one attached hydrogen (secondary N) is 2. The Hall–Kier alpha value is -2.58. The lowest BCUT2D eigenvalue weighted by atomic mass is 10.00. The summed E-state index contributed by atoms with van der Waals surface area (Å²) in [7, 11) is -3.70. The van der Waals surface area contributed by atoms with Crippen LogP contribution in [-0.4, -0.2) is 46.6 Å². The van der Waals surface area contributed by atoms with Gasteiger partial charge < -0.3 is 11.5 Å². The number of pyridine rings is 1. The van der Waals surface area contributed by atoms with E-state index >= 15 is 0 Å². The first-order valence-corrected chi connectivity index (χ1v) is 10.4. The van der Waals surface area contributed by atoms with Crippen LogP contribution in [0.15, 0.2) is 40.3 Å². The molecule has 13 heteroatoms. The van der Waals surface area contributed by atoms with E-state index in [1.54, 1.807) is 37.4 Å². The topological polar surface area (TPSA) is 192 Å². The highest BCUT2D eigenvalue weighted by Crippen LogP contribution is 2.37. The van der Waals surface area contributed by atoms with Crippen molar-refractivity contribution in [3.05, 3.63) is 30.5 Å². The molecular formula is C15H19N9O2S2. The summed E-state index contributed by atoms with van der Waals surface area (Å²) < 4.78 is 28.0. The number of aromatic amines is 1. The molecule has 0 amide bonds. The first-order chi connectivity index (χ1) is 13.4. The molecule has 2 heterocycles. The predicted octanol–water partition coefficient (Wildman–Crippen LogP) is -0.548. The first kappa shape index (κ1) is 20.2. The van der Waals surface area contributed by atoms with E-state index in [0.717, 1.165) is 0 Å². The zero-order valence-corrected chi connectivity index (χ0v) is 16.5. The van der Waals surface area contributed by atoms with Gasteiger partial charge in [0.25, 0.3) is 0 Å². The lowest BCUT2D eigenvalue weighted by Gasteiger charge is -2.16. The third-order valence-corrected chi connectivity index (χ3v) is 5.84. The normalized spacial score (nSPS) is 14.5. The van der Waals surface area contributed by atoms with Gasteiger partial charge in [0, 0.05) is 24.3 Å². The van der Waals surface area contributed by atoms with Crippen LogP contribution in [0.4, 0.5) is 5.82 Å². The molecule has 148 valence electrons. The minimum absolute atomic E-state index is 0.129. The highest BCUT2D eigenvalue weighted by atomic mass is 32.2. The maximum Gasteiger partial charge on any atom is 0.206 e. The Morgan fingerprint density at radius 2 is 2.07 bits per heavy atom. The van der Waals surface area contributed by atoms with Crippen molar-refractivity contribution in [3.8, 4) is 22.5 Å². The van der Waals surface area contributed by atoms with Crippen molar-refractivity contribution in [2.24, 2.45) is 10.9 Å². The molecule has 0 spiro atoms. The number of H-pyrrole nitrogens is 1. The van der Waals surface area contributed by atoms with E-state index in [2.05, 4.69) is 30.3 Å². The van der Waals surface area contributed by atoms with Gasteiger partial charge in [0.1, 0.15) is 27.8 Å². The van der Waals surface area contributed by atoms with E-state index in [0.29, 0.717) is 29.1 Å². The fourth-order valence-electron chi connectivity index (χ4n) is 2.54. The Balaban J connectivity index is 2.24. The van der Waals surface area contributed by atoms with Gasteiger partial charge in [0.05, 0.1) is 9.79 Å². The van der Waals surface area contributed by atoms with Gasteiger partial charge >= 0.3 is 0 Å². The smallest absolute Gasteiger partial charge is 0.206 e. The summed E-state index contributed by atoms with van der Waals surface area (Å²) in [5.74, 6) is 0.462. The third kappa shape index (κ3) is 4.28. The monoisotopic (exact) mass is 421 g/mol. The Kier molecular flexibility index (Phi) is 6.21. The number of hydrogen-bond acceptors (Lipinski definition) is 8. The molecule has 0 saturated carbocycles. The van der Waals surface area contributed by atoms with Gasteiger partial charge in [0.2, 0.25) is 5.82 Å². The molecule has 0 radical (unpaired) electrons. The number of nitrogen functional groups attached to an aromatic ring is 1. The highest BCUT2D eigenvalue weighted by Gasteiger charge is 2.25. The minimum atomic E-state index is -1.99. The van der Waals surface area contributed by atoms with Crippen molar-refractivity contribution in [3.63, 3.8) is 0 Å². The van der Waals surface area contributed by atoms with Crippen molar-refractivity contribution in [1.82, 2.24) is 30.3 Å². The second kappa shape index (κ2) is 8.62. The van der Waals surface area contributed by atoms with E-state index < -0.39 is 22.0 Å². The minimum Gasteiger partial charge on any atom is -0.384 e.